The van der Waals surface area contributed by atoms with E-state index in [1.807, 2.05) is 0 Å². The zero-order chi connectivity index (χ0) is 14.9. The average Bonchev–Trinajstić information content (AvgIpc) is 2.76. The van der Waals surface area contributed by atoms with Crippen LogP contribution in [0.15, 0.2) is 39.8 Å². The molecular weight excluding hydrogens is 351 g/mol. The van der Waals surface area contributed by atoms with E-state index in [0.717, 1.165) is 6.07 Å². The van der Waals surface area contributed by atoms with Gasteiger partial charge in [0.05, 0.1) is 12.3 Å². The molecule has 0 radical (unpaired) electrons. The summed E-state index contributed by atoms with van der Waals surface area (Å²) < 4.78 is 42.0. The van der Waals surface area contributed by atoms with Gasteiger partial charge < -0.3 is 9.67 Å². The molecule has 1 heterocycles. The first-order chi connectivity index (χ1) is 9.35. The van der Waals surface area contributed by atoms with Crippen LogP contribution in [0.3, 0.4) is 0 Å². The van der Waals surface area contributed by atoms with Crippen LogP contribution in [-0.4, -0.2) is 18.1 Å². The molecule has 1 aromatic heterocycles. The molecule has 8 heteroatoms. The first-order valence-electron chi connectivity index (χ1n) is 5.58. The Morgan fingerprint density at radius 3 is 2.70 bits per heavy atom. The maximum Gasteiger partial charge on any atom is 0.263 e. The van der Waals surface area contributed by atoms with Crippen LogP contribution in [0.5, 0.6) is 0 Å². The minimum Gasteiger partial charge on any atom is -0.390 e. The van der Waals surface area contributed by atoms with Gasteiger partial charge in [-0.05, 0) is 34.1 Å². The lowest BCUT2D eigenvalue weighted by Crippen LogP contribution is -2.13. The van der Waals surface area contributed by atoms with Gasteiger partial charge in [0.25, 0.3) is 10.0 Å². The summed E-state index contributed by atoms with van der Waals surface area (Å²) in [6, 6.07) is 5.48. The summed E-state index contributed by atoms with van der Waals surface area (Å²) >= 11 is 3.09. The highest BCUT2D eigenvalue weighted by atomic mass is 79.9. The predicted molar refractivity (Wildman–Crippen MR) is 76.2 cm³/mol. The second kappa shape index (κ2) is 5.55. The van der Waals surface area contributed by atoms with E-state index in [-0.39, 0.29) is 17.2 Å². The number of aromatic nitrogens is 1. The molecule has 0 aliphatic heterocycles. The lowest BCUT2D eigenvalue weighted by molar-refractivity contribution is 0.272. The van der Waals surface area contributed by atoms with Gasteiger partial charge in [0, 0.05) is 23.4 Å². The summed E-state index contributed by atoms with van der Waals surface area (Å²) in [5.74, 6) is -0.679. The van der Waals surface area contributed by atoms with Crippen molar-refractivity contribution in [2.45, 2.75) is 11.5 Å². The number of rotatable bonds is 4. The van der Waals surface area contributed by atoms with Crippen LogP contribution < -0.4 is 4.72 Å². The van der Waals surface area contributed by atoms with Crippen molar-refractivity contribution in [3.63, 3.8) is 0 Å². The maximum absolute atomic E-state index is 13.6. The van der Waals surface area contributed by atoms with Crippen molar-refractivity contribution >= 4 is 31.6 Å². The van der Waals surface area contributed by atoms with E-state index in [1.54, 1.807) is 7.05 Å². The van der Waals surface area contributed by atoms with Crippen molar-refractivity contribution in [1.29, 1.82) is 0 Å². The average molecular weight is 363 g/mol. The number of hydrogen-bond acceptors (Lipinski definition) is 3. The third kappa shape index (κ3) is 2.87. The van der Waals surface area contributed by atoms with Crippen LogP contribution in [0.1, 0.15) is 5.69 Å². The topological polar surface area (TPSA) is 71.3 Å². The molecule has 0 bridgehead atoms. The fourth-order valence-corrected chi connectivity index (χ4v) is 3.42. The van der Waals surface area contributed by atoms with Crippen molar-refractivity contribution in [2.75, 3.05) is 4.72 Å². The summed E-state index contributed by atoms with van der Waals surface area (Å²) in [5.41, 5.74) is 0.292. The van der Waals surface area contributed by atoms with E-state index >= 15 is 0 Å². The Kier molecular flexibility index (Phi) is 4.17. The second-order valence-corrected chi connectivity index (χ2v) is 6.68. The van der Waals surface area contributed by atoms with Gasteiger partial charge >= 0.3 is 0 Å². The van der Waals surface area contributed by atoms with E-state index in [2.05, 4.69) is 20.7 Å². The van der Waals surface area contributed by atoms with Gasteiger partial charge in [-0.3, -0.25) is 4.72 Å². The summed E-state index contributed by atoms with van der Waals surface area (Å²) in [6.45, 7) is -0.282. The number of benzene rings is 1. The molecule has 2 N–H and O–H groups in total. The molecule has 20 heavy (non-hydrogen) atoms. The summed E-state index contributed by atoms with van der Waals surface area (Å²) in [7, 11) is -2.31. The van der Waals surface area contributed by atoms with Gasteiger partial charge in [-0.25, -0.2) is 12.8 Å². The number of halogens is 2. The lowest BCUT2D eigenvalue weighted by Gasteiger charge is -2.09. The number of aliphatic hydroxyl groups excluding tert-OH is 1. The van der Waals surface area contributed by atoms with Crippen molar-refractivity contribution < 1.29 is 17.9 Å². The number of para-hydroxylation sites is 1. The largest absolute Gasteiger partial charge is 0.390 e. The molecule has 0 aliphatic rings. The standard InChI is InChI=1S/C12H12BrFN2O3S/c1-16-6-9(5-8(16)7-17)20(18,19)15-12-10(13)3-2-4-11(12)14/h2-6,15,17H,7H2,1H3. The molecule has 108 valence electrons. The van der Waals surface area contributed by atoms with Crippen LogP contribution in [0.25, 0.3) is 0 Å². The van der Waals surface area contributed by atoms with Crippen molar-refractivity contribution in [2.24, 2.45) is 7.05 Å². The minimum atomic E-state index is -3.92. The lowest BCUT2D eigenvalue weighted by atomic mass is 10.3. The summed E-state index contributed by atoms with van der Waals surface area (Å²) in [5, 5.41) is 9.07. The molecule has 2 rings (SSSR count). The molecule has 0 fully saturated rings. The number of nitrogens with one attached hydrogen (secondary N) is 1. The summed E-state index contributed by atoms with van der Waals surface area (Å²) in [4.78, 5) is -0.0424. The van der Waals surface area contributed by atoms with Gasteiger partial charge in [-0.15, -0.1) is 0 Å². The van der Waals surface area contributed by atoms with Crippen LogP contribution in [0, 0.1) is 5.82 Å². The number of anilines is 1. The fraction of sp³-hybridized carbons (Fsp3) is 0.167. The third-order valence-corrected chi connectivity index (χ3v) is 4.73. The molecule has 0 unspecified atom stereocenters. The number of hydrogen-bond donors (Lipinski definition) is 2. The van der Waals surface area contributed by atoms with E-state index in [4.69, 9.17) is 5.11 Å². The Morgan fingerprint density at radius 1 is 1.45 bits per heavy atom. The molecule has 0 saturated heterocycles. The Balaban J connectivity index is 2.41. The predicted octanol–water partition coefficient (Wildman–Crippen LogP) is 2.22. The van der Waals surface area contributed by atoms with Crippen LogP contribution in [0.2, 0.25) is 0 Å². The molecular formula is C12H12BrFN2O3S. The second-order valence-electron chi connectivity index (χ2n) is 4.14. The van der Waals surface area contributed by atoms with E-state index in [1.165, 1.54) is 29.0 Å². The molecule has 0 saturated carbocycles. The number of aryl methyl sites for hydroxylation is 1. The van der Waals surface area contributed by atoms with Gasteiger partial charge in [-0.1, -0.05) is 6.07 Å². The SMILES string of the molecule is Cn1cc(S(=O)(=O)Nc2c(F)cccc2Br)cc1CO. The Bertz CT molecular complexity index is 723. The first-order valence-corrected chi connectivity index (χ1v) is 7.85. The third-order valence-electron chi connectivity index (χ3n) is 2.75. The Hall–Kier alpha value is -1.38. The number of nitrogens with zero attached hydrogens (tertiary/aromatic N) is 1. The van der Waals surface area contributed by atoms with E-state index in [0.29, 0.717) is 10.2 Å². The van der Waals surface area contributed by atoms with Gasteiger partial charge in [-0.2, -0.15) is 0 Å². The highest BCUT2D eigenvalue weighted by molar-refractivity contribution is 9.10. The molecule has 0 amide bonds. The quantitative estimate of drug-likeness (QED) is 0.875. The molecule has 2 aromatic rings. The Labute approximate surface area is 124 Å². The van der Waals surface area contributed by atoms with E-state index in [9.17, 15) is 12.8 Å². The van der Waals surface area contributed by atoms with Gasteiger partial charge in [0.15, 0.2) is 0 Å². The first kappa shape index (κ1) is 15.0. The molecule has 0 spiro atoms. The van der Waals surface area contributed by atoms with Crippen LogP contribution in [0.4, 0.5) is 10.1 Å². The van der Waals surface area contributed by atoms with Gasteiger partial charge in [0.2, 0.25) is 0 Å². The Morgan fingerprint density at radius 2 is 2.15 bits per heavy atom. The highest BCUT2D eigenvalue weighted by Crippen LogP contribution is 2.28. The number of sulfonamides is 1. The minimum absolute atomic E-state index is 0.0424. The zero-order valence-electron chi connectivity index (χ0n) is 10.5. The maximum atomic E-state index is 13.6. The smallest absolute Gasteiger partial charge is 0.263 e. The van der Waals surface area contributed by atoms with E-state index < -0.39 is 15.8 Å². The molecule has 1 aromatic carbocycles. The van der Waals surface area contributed by atoms with Crippen molar-refractivity contribution in [1.82, 2.24) is 4.57 Å². The zero-order valence-corrected chi connectivity index (χ0v) is 12.9. The molecule has 0 aliphatic carbocycles. The van der Waals surface area contributed by atoms with Crippen molar-refractivity contribution in [3.8, 4) is 0 Å². The highest BCUT2D eigenvalue weighted by Gasteiger charge is 2.20. The molecule has 0 atom stereocenters. The van der Waals surface area contributed by atoms with Gasteiger partial charge in [0.1, 0.15) is 10.7 Å². The molecule has 5 nitrogen and oxygen atoms in total. The fourth-order valence-electron chi connectivity index (χ4n) is 1.67. The van der Waals surface area contributed by atoms with Crippen LogP contribution in [-0.2, 0) is 23.7 Å². The monoisotopic (exact) mass is 362 g/mol. The van der Waals surface area contributed by atoms with Crippen LogP contribution >= 0.6 is 15.9 Å². The number of aliphatic hydroxyl groups is 1. The normalized spacial score (nSPS) is 11.6. The summed E-state index contributed by atoms with van der Waals surface area (Å²) in [6.07, 6.45) is 1.35. The van der Waals surface area contributed by atoms with Crippen molar-refractivity contribution in [3.05, 3.63) is 46.4 Å².